The van der Waals surface area contributed by atoms with Gasteiger partial charge in [-0.25, -0.2) is 0 Å². The van der Waals surface area contributed by atoms with Crippen LogP contribution in [0.1, 0.15) is 74.7 Å². The lowest BCUT2D eigenvalue weighted by Gasteiger charge is -2.47. The Hall–Kier alpha value is 1.30. The molecule has 4 heteroatoms. The third-order valence-corrected chi connectivity index (χ3v) is 22.1. The summed E-state index contributed by atoms with van der Waals surface area (Å²) in [5, 5.41) is 0.584. The molecule has 1 heterocycles. The lowest BCUT2D eigenvalue weighted by Crippen LogP contribution is -2.34. The summed E-state index contributed by atoms with van der Waals surface area (Å²) in [5.41, 5.74) is 1.41. The van der Waals surface area contributed by atoms with Crippen molar-refractivity contribution in [3.8, 4) is 0 Å². The van der Waals surface area contributed by atoms with Gasteiger partial charge in [-0.1, -0.05) is 85.4 Å². The first kappa shape index (κ1) is 20.3. The topological polar surface area (TPSA) is 0 Å². The Labute approximate surface area is 144 Å². The van der Waals surface area contributed by atoms with Gasteiger partial charge in [0.15, 0.2) is 0 Å². The highest BCUT2D eigenvalue weighted by atomic mass is 32.4. The molecule has 1 saturated heterocycles. The average molecular weight is 367 g/mol. The van der Waals surface area contributed by atoms with E-state index < -0.39 is 12.1 Å². The molecule has 0 aliphatic carbocycles. The highest BCUT2D eigenvalue weighted by Crippen LogP contribution is 2.74. The molecule has 1 aliphatic heterocycles. The molecule has 126 valence electrons. The van der Waals surface area contributed by atoms with Crippen LogP contribution < -0.4 is 0 Å². The molecule has 0 saturated carbocycles. The van der Waals surface area contributed by atoms with Gasteiger partial charge < -0.3 is 0 Å². The molecule has 1 rings (SSSR count). The largest absolute Gasteiger partial charge is 0.0966 e. The summed E-state index contributed by atoms with van der Waals surface area (Å²) < 4.78 is 0. The fourth-order valence-electron chi connectivity index (χ4n) is 4.09. The number of hydrogen-bond donors (Lipinski definition) is 0. The highest BCUT2D eigenvalue weighted by Gasteiger charge is 2.49. The molecule has 0 nitrogen and oxygen atoms in total. The smallest absolute Gasteiger partial charge is 0.00413 e. The van der Waals surface area contributed by atoms with Crippen LogP contribution in [0.5, 0.6) is 0 Å². The first-order valence-corrected chi connectivity index (χ1v) is 14.6. The maximum Gasteiger partial charge on any atom is -0.00413 e. The van der Waals surface area contributed by atoms with Gasteiger partial charge in [-0.2, -0.15) is 0 Å². The van der Waals surface area contributed by atoms with Crippen LogP contribution >= 0.6 is 12.1 Å². The Morgan fingerprint density at radius 1 is 1.19 bits per heavy atom. The Bertz CT molecular complexity index is 454. The van der Waals surface area contributed by atoms with Crippen molar-refractivity contribution in [1.29, 1.82) is 0 Å². The van der Waals surface area contributed by atoms with Crippen molar-refractivity contribution in [2.75, 3.05) is 12.3 Å². The minimum atomic E-state index is -1.40. The summed E-state index contributed by atoms with van der Waals surface area (Å²) in [4.78, 5) is 0. The van der Waals surface area contributed by atoms with Crippen LogP contribution in [0.3, 0.4) is 0 Å². The molecule has 0 radical (unpaired) electrons. The molecule has 0 aromatic rings. The van der Waals surface area contributed by atoms with Gasteiger partial charge >= 0.3 is 0 Å². The Kier molecular flexibility index (Phi) is 6.45. The standard InChI is InChI=1S/C17H36P2S2/c1-9-12-18(20,16(3,4)5)14(2)15-11-10-13-19(15,21)17(6,7)8/h14-15H,9-13H2,1-8H3/t14-,15-,18-,19-/m1/s1. The maximum absolute atomic E-state index is 6.41. The maximum atomic E-state index is 6.41. The number of rotatable bonds is 4. The van der Waals surface area contributed by atoms with E-state index in [2.05, 4.69) is 55.4 Å². The predicted octanol–water partition coefficient (Wildman–Crippen LogP) is 6.50. The molecule has 1 aliphatic rings. The molecular formula is C17H36P2S2. The molecule has 0 amide bonds. The Balaban J connectivity index is 3.25. The van der Waals surface area contributed by atoms with E-state index in [4.69, 9.17) is 23.6 Å². The van der Waals surface area contributed by atoms with E-state index in [1.807, 2.05) is 0 Å². The molecule has 21 heavy (non-hydrogen) atoms. The molecular weight excluding hydrogens is 330 g/mol. The second kappa shape index (κ2) is 6.66. The fourth-order valence-corrected chi connectivity index (χ4v) is 15.9. The predicted molar refractivity (Wildman–Crippen MR) is 111 cm³/mol. The van der Waals surface area contributed by atoms with Crippen molar-refractivity contribution >= 4 is 35.7 Å². The van der Waals surface area contributed by atoms with Crippen molar-refractivity contribution in [2.24, 2.45) is 0 Å². The lowest BCUT2D eigenvalue weighted by molar-refractivity contribution is 0.701. The number of hydrogen-bond acceptors (Lipinski definition) is 2. The molecule has 0 spiro atoms. The van der Waals surface area contributed by atoms with E-state index in [1.165, 1.54) is 31.6 Å². The minimum absolute atomic E-state index is 0.276. The summed E-state index contributed by atoms with van der Waals surface area (Å²) >= 11 is 12.8. The van der Waals surface area contributed by atoms with Crippen molar-refractivity contribution in [1.82, 2.24) is 0 Å². The molecule has 0 N–H and O–H groups in total. The molecule has 0 aromatic heterocycles. The van der Waals surface area contributed by atoms with Crippen LogP contribution in [-0.2, 0) is 23.6 Å². The summed E-state index contributed by atoms with van der Waals surface area (Å²) in [6.45, 7) is 19.1. The third kappa shape index (κ3) is 3.70. The van der Waals surface area contributed by atoms with Gasteiger partial charge in [-0.3, -0.25) is 0 Å². The highest BCUT2D eigenvalue weighted by molar-refractivity contribution is 8.18. The van der Waals surface area contributed by atoms with Crippen molar-refractivity contribution in [3.63, 3.8) is 0 Å². The van der Waals surface area contributed by atoms with E-state index in [0.29, 0.717) is 10.8 Å². The minimum Gasteiger partial charge on any atom is -0.0966 e. The van der Waals surface area contributed by atoms with E-state index in [0.717, 1.165) is 5.66 Å². The Morgan fingerprint density at radius 3 is 2.10 bits per heavy atom. The monoisotopic (exact) mass is 366 g/mol. The van der Waals surface area contributed by atoms with E-state index >= 15 is 0 Å². The first-order chi connectivity index (χ1) is 9.31. The second-order valence-corrected chi connectivity index (χ2v) is 21.0. The summed E-state index contributed by atoms with van der Waals surface area (Å²) in [7, 11) is 0. The van der Waals surface area contributed by atoms with Crippen LogP contribution in [0.25, 0.3) is 0 Å². The van der Waals surface area contributed by atoms with Crippen LogP contribution in [0.15, 0.2) is 0 Å². The average Bonchev–Trinajstić information content (AvgIpc) is 2.69. The summed E-state index contributed by atoms with van der Waals surface area (Å²) in [6.07, 6.45) is 6.47. The van der Waals surface area contributed by atoms with Gasteiger partial charge in [0, 0.05) is 0 Å². The van der Waals surface area contributed by atoms with Crippen molar-refractivity contribution in [2.45, 2.75) is 96.3 Å². The van der Waals surface area contributed by atoms with Crippen molar-refractivity contribution in [3.05, 3.63) is 0 Å². The zero-order chi connectivity index (χ0) is 16.7. The van der Waals surface area contributed by atoms with Gasteiger partial charge in [0.25, 0.3) is 0 Å². The van der Waals surface area contributed by atoms with Crippen LogP contribution in [0, 0.1) is 0 Å². The SMILES string of the molecule is CCC[P@@](=S)([C@H](C)[C@H]1CCC[P@]1(=S)C(C)(C)C)C(C)(C)C. The Morgan fingerprint density at radius 2 is 1.71 bits per heavy atom. The quantitative estimate of drug-likeness (QED) is 0.521. The van der Waals surface area contributed by atoms with Crippen LogP contribution in [0.4, 0.5) is 0 Å². The molecule has 4 atom stereocenters. The molecule has 0 bridgehead atoms. The van der Waals surface area contributed by atoms with Crippen LogP contribution in [0.2, 0.25) is 0 Å². The summed E-state index contributed by atoms with van der Waals surface area (Å²) in [6, 6.07) is -2.71. The third-order valence-electron chi connectivity index (χ3n) is 5.57. The normalized spacial score (nSPS) is 31.9. The van der Waals surface area contributed by atoms with E-state index in [-0.39, 0.29) is 5.16 Å². The lowest BCUT2D eigenvalue weighted by atomic mass is 10.2. The van der Waals surface area contributed by atoms with Gasteiger partial charge in [0.2, 0.25) is 0 Å². The summed E-state index contributed by atoms with van der Waals surface area (Å²) in [5.74, 6) is 0. The molecule has 0 unspecified atom stereocenters. The van der Waals surface area contributed by atoms with Crippen LogP contribution in [-0.4, -0.2) is 34.0 Å². The zero-order valence-corrected chi connectivity index (χ0v) is 18.8. The molecule has 0 aromatic carbocycles. The first-order valence-electron chi connectivity index (χ1n) is 8.49. The van der Waals surface area contributed by atoms with Gasteiger partial charge in [-0.05, 0) is 58.9 Å². The van der Waals surface area contributed by atoms with Crippen molar-refractivity contribution < 1.29 is 0 Å². The molecule has 1 fully saturated rings. The van der Waals surface area contributed by atoms with Gasteiger partial charge in [0.05, 0.1) is 0 Å². The van der Waals surface area contributed by atoms with Gasteiger partial charge in [0.1, 0.15) is 0 Å². The van der Waals surface area contributed by atoms with E-state index in [9.17, 15) is 0 Å². The van der Waals surface area contributed by atoms with E-state index in [1.54, 1.807) is 0 Å². The van der Waals surface area contributed by atoms with Gasteiger partial charge in [-0.15, -0.1) is 0 Å². The zero-order valence-electron chi connectivity index (χ0n) is 15.4. The fraction of sp³-hybridized carbons (Fsp3) is 1.00. The second-order valence-electron chi connectivity index (χ2n) is 8.83.